The number of carbonyl (C=O) groups excluding carboxylic acids is 2. The topological polar surface area (TPSA) is 52.6 Å². The number of hydrogen-bond donors (Lipinski definition) is 0. The number of ether oxygens (including phenoxy) is 2. The van der Waals surface area contributed by atoms with Gasteiger partial charge in [-0.05, 0) is 39.0 Å². The van der Waals surface area contributed by atoms with Crippen LogP contribution in [-0.2, 0) is 19.1 Å². The van der Waals surface area contributed by atoms with Crippen LogP contribution in [0.5, 0.6) is 0 Å². The highest BCUT2D eigenvalue weighted by Crippen LogP contribution is 2.36. The molecule has 1 rings (SSSR count). The van der Waals surface area contributed by atoms with Gasteiger partial charge in [-0.25, -0.2) is 0 Å². The molecule has 0 aromatic carbocycles. The number of Topliss-reactive ketones (excluding diaryl/α,β-unsaturated/α-hetero) is 1. The van der Waals surface area contributed by atoms with Crippen molar-refractivity contribution in [1.29, 1.82) is 0 Å². The van der Waals surface area contributed by atoms with Crippen LogP contribution in [0, 0.1) is 11.8 Å². The van der Waals surface area contributed by atoms with E-state index >= 15 is 0 Å². The van der Waals surface area contributed by atoms with Crippen LogP contribution in [0.25, 0.3) is 0 Å². The summed E-state index contributed by atoms with van der Waals surface area (Å²) < 4.78 is 10.4. The molecule has 1 saturated carbocycles. The summed E-state index contributed by atoms with van der Waals surface area (Å²) in [6.45, 7) is 6.26. The summed E-state index contributed by atoms with van der Waals surface area (Å²) in [5.74, 6) is -0.862. The van der Waals surface area contributed by atoms with Gasteiger partial charge < -0.3 is 9.47 Å². The van der Waals surface area contributed by atoms with Crippen molar-refractivity contribution in [3.05, 3.63) is 0 Å². The van der Waals surface area contributed by atoms with Crippen molar-refractivity contribution in [1.82, 2.24) is 0 Å². The maximum Gasteiger partial charge on any atom is 0.316 e. The number of rotatable bonds is 8. The molecule has 4 nitrogen and oxygen atoms in total. The van der Waals surface area contributed by atoms with Crippen LogP contribution in [0.2, 0.25) is 0 Å². The lowest BCUT2D eigenvalue weighted by Gasteiger charge is -2.20. The highest BCUT2D eigenvalue weighted by atomic mass is 16.5. The van der Waals surface area contributed by atoms with E-state index in [2.05, 4.69) is 0 Å². The average Bonchev–Trinajstić information content (AvgIpc) is 3.11. The molecule has 0 N–H and O–H groups in total. The van der Waals surface area contributed by atoms with Gasteiger partial charge in [0.2, 0.25) is 0 Å². The van der Waals surface area contributed by atoms with E-state index in [0.717, 1.165) is 12.8 Å². The molecule has 2 atom stereocenters. The minimum Gasteiger partial charge on any atom is -0.465 e. The normalized spacial score (nSPS) is 18.5. The predicted octanol–water partition coefficient (Wildman–Crippen LogP) is 1.96. The molecule has 0 spiro atoms. The lowest BCUT2D eigenvalue weighted by atomic mass is 9.94. The van der Waals surface area contributed by atoms with Gasteiger partial charge in [0.25, 0.3) is 0 Å². The van der Waals surface area contributed by atoms with Gasteiger partial charge in [-0.15, -0.1) is 0 Å². The van der Waals surface area contributed by atoms with Gasteiger partial charge in [-0.1, -0.05) is 6.92 Å². The SMILES string of the molecule is CCOC(=O)C(CC)C(=O)C(OCC)C1CC1. The number of hydrogen-bond acceptors (Lipinski definition) is 4. The van der Waals surface area contributed by atoms with E-state index < -0.39 is 18.0 Å². The van der Waals surface area contributed by atoms with E-state index in [-0.39, 0.29) is 5.78 Å². The van der Waals surface area contributed by atoms with E-state index in [0.29, 0.717) is 25.6 Å². The fourth-order valence-electron chi connectivity index (χ4n) is 1.95. The monoisotopic (exact) mass is 242 g/mol. The highest BCUT2D eigenvalue weighted by Gasteiger charge is 2.41. The fraction of sp³-hybridized carbons (Fsp3) is 0.846. The molecule has 4 heteroatoms. The first kappa shape index (κ1) is 14.2. The molecule has 0 bridgehead atoms. The third-order valence-electron chi connectivity index (χ3n) is 3.00. The summed E-state index contributed by atoms with van der Waals surface area (Å²) in [7, 11) is 0. The number of esters is 1. The van der Waals surface area contributed by atoms with Crippen molar-refractivity contribution >= 4 is 11.8 Å². The Morgan fingerprint density at radius 3 is 2.24 bits per heavy atom. The Balaban J connectivity index is 2.65. The second-order valence-electron chi connectivity index (χ2n) is 4.33. The largest absolute Gasteiger partial charge is 0.465 e. The van der Waals surface area contributed by atoms with Crippen molar-refractivity contribution in [2.24, 2.45) is 11.8 Å². The summed E-state index contributed by atoms with van der Waals surface area (Å²) >= 11 is 0. The Morgan fingerprint density at radius 1 is 1.18 bits per heavy atom. The van der Waals surface area contributed by atoms with Crippen molar-refractivity contribution < 1.29 is 19.1 Å². The van der Waals surface area contributed by atoms with Gasteiger partial charge in [0.15, 0.2) is 5.78 Å². The third kappa shape index (κ3) is 3.80. The minimum absolute atomic E-state index is 0.102. The van der Waals surface area contributed by atoms with Gasteiger partial charge in [0.1, 0.15) is 12.0 Å². The van der Waals surface area contributed by atoms with Crippen LogP contribution in [0.15, 0.2) is 0 Å². The van der Waals surface area contributed by atoms with E-state index in [1.54, 1.807) is 6.92 Å². The van der Waals surface area contributed by atoms with Crippen LogP contribution in [0.1, 0.15) is 40.0 Å². The lowest BCUT2D eigenvalue weighted by molar-refractivity contribution is -0.155. The number of ketones is 1. The molecule has 0 aliphatic heterocycles. The zero-order valence-corrected chi connectivity index (χ0v) is 10.9. The summed E-state index contributed by atoms with van der Waals surface area (Å²) in [4.78, 5) is 23.9. The first-order valence-corrected chi connectivity index (χ1v) is 6.47. The molecule has 0 radical (unpaired) electrons. The average molecular weight is 242 g/mol. The molecule has 0 aromatic rings. The summed E-state index contributed by atoms with van der Waals surface area (Å²) in [5.41, 5.74) is 0. The van der Waals surface area contributed by atoms with Crippen molar-refractivity contribution in [2.45, 2.75) is 46.1 Å². The van der Waals surface area contributed by atoms with Crippen molar-refractivity contribution in [3.63, 3.8) is 0 Å². The van der Waals surface area contributed by atoms with Crippen LogP contribution in [-0.4, -0.2) is 31.1 Å². The molecule has 17 heavy (non-hydrogen) atoms. The molecule has 98 valence electrons. The van der Waals surface area contributed by atoms with Crippen LogP contribution >= 0.6 is 0 Å². The Bertz CT molecular complexity index is 271. The summed E-state index contributed by atoms with van der Waals surface area (Å²) in [5, 5.41) is 0. The van der Waals surface area contributed by atoms with E-state index in [4.69, 9.17) is 9.47 Å². The maximum absolute atomic E-state index is 12.2. The Labute approximate surface area is 103 Å². The Morgan fingerprint density at radius 2 is 1.82 bits per heavy atom. The van der Waals surface area contributed by atoms with E-state index in [9.17, 15) is 9.59 Å². The van der Waals surface area contributed by atoms with Gasteiger partial charge in [0.05, 0.1) is 6.61 Å². The minimum atomic E-state index is -0.660. The van der Waals surface area contributed by atoms with E-state index in [1.807, 2.05) is 13.8 Å². The molecule has 1 fully saturated rings. The van der Waals surface area contributed by atoms with Crippen molar-refractivity contribution in [3.8, 4) is 0 Å². The molecule has 0 heterocycles. The van der Waals surface area contributed by atoms with E-state index in [1.165, 1.54) is 0 Å². The molecular weight excluding hydrogens is 220 g/mol. The van der Waals surface area contributed by atoms with Gasteiger partial charge in [0, 0.05) is 6.61 Å². The van der Waals surface area contributed by atoms with Crippen LogP contribution in [0.4, 0.5) is 0 Å². The van der Waals surface area contributed by atoms with Gasteiger partial charge in [-0.2, -0.15) is 0 Å². The standard InChI is InChI=1S/C13H22O4/c1-4-10(13(15)17-6-3)11(14)12(16-5-2)9-7-8-9/h9-10,12H,4-8H2,1-3H3. The smallest absolute Gasteiger partial charge is 0.316 e. The summed E-state index contributed by atoms with van der Waals surface area (Å²) in [6.07, 6.45) is 2.12. The Kier molecular flexibility index (Phi) is 5.62. The van der Waals surface area contributed by atoms with Crippen molar-refractivity contribution in [2.75, 3.05) is 13.2 Å². The molecule has 2 unspecified atom stereocenters. The summed E-state index contributed by atoms with van der Waals surface area (Å²) in [6, 6.07) is 0. The first-order chi connectivity index (χ1) is 8.15. The van der Waals surface area contributed by atoms with Gasteiger partial charge >= 0.3 is 5.97 Å². The highest BCUT2D eigenvalue weighted by molar-refractivity contribution is 6.01. The first-order valence-electron chi connectivity index (χ1n) is 6.47. The number of carbonyl (C=O) groups is 2. The maximum atomic E-state index is 12.2. The quantitative estimate of drug-likeness (QED) is 0.482. The second kappa shape index (κ2) is 6.74. The molecule has 0 aromatic heterocycles. The molecule has 0 saturated heterocycles. The fourth-order valence-corrected chi connectivity index (χ4v) is 1.95. The zero-order chi connectivity index (χ0) is 12.8. The molecule has 1 aliphatic carbocycles. The zero-order valence-electron chi connectivity index (χ0n) is 10.9. The second-order valence-corrected chi connectivity index (χ2v) is 4.33. The van der Waals surface area contributed by atoms with Crippen LogP contribution in [0.3, 0.4) is 0 Å². The van der Waals surface area contributed by atoms with Gasteiger partial charge in [-0.3, -0.25) is 9.59 Å². The molecular formula is C13H22O4. The molecule has 1 aliphatic rings. The third-order valence-corrected chi connectivity index (χ3v) is 3.00. The predicted molar refractivity (Wildman–Crippen MR) is 63.6 cm³/mol. The lowest BCUT2D eigenvalue weighted by Crippen LogP contribution is -2.37. The van der Waals surface area contributed by atoms with Crippen LogP contribution < -0.4 is 0 Å². The Hall–Kier alpha value is -0.900. The molecule has 0 amide bonds.